The molecule has 0 aliphatic carbocycles. The lowest BCUT2D eigenvalue weighted by Gasteiger charge is -2.34. The monoisotopic (exact) mass is 455 g/mol. The Morgan fingerprint density at radius 3 is 2.47 bits per heavy atom. The summed E-state index contributed by atoms with van der Waals surface area (Å²) in [5.41, 5.74) is 3.11. The molecule has 168 valence electrons. The topological polar surface area (TPSA) is 102 Å². The molecule has 0 saturated carbocycles. The number of carbonyl (C=O) groups excluding carboxylic acids is 1. The van der Waals surface area contributed by atoms with Crippen LogP contribution in [0.1, 0.15) is 34.8 Å². The van der Waals surface area contributed by atoms with Gasteiger partial charge in [0.2, 0.25) is 10.0 Å². The van der Waals surface area contributed by atoms with Gasteiger partial charge in [0.15, 0.2) is 5.89 Å². The number of fused-ring (bicyclic) bond motifs is 1. The largest absolute Gasteiger partial charge is 0.449 e. The number of nitrogens with zero attached hydrogens (tertiary/aromatic N) is 5. The van der Waals surface area contributed by atoms with Crippen molar-refractivity contribution in [2.75, 3.05) is 26.2 Å². The molecule has 0 atom stereocenters. The SMILES string of the molecule is Cc1nc(-c2ccc(S(=O)(=O)N3CCN(C(=O)c4cnn5c4CCCC5)CC3)cc2)co1. The maximum atomic E-state index is 13.1. The van der Waals surface area contributed by atoms with Crippen molar-refractivity contribution >= 4 is 15.9 Å². The highest BCUT2D eigenvalue weighted by Crippen LogP contribution is 2.24. The fourth-order valence-electron chi connectivity index (χ4n) is 4.34. The molecule has 9 nitrogen and oxygen atoms in total. The van der Waals surface area contributed by atoms with Crippen molar-refractivity contribution in [1.82, 2.24) is 24.0 Å². The zero-order valence-corrected chi connectivity index (χ0v) is 18.7. The normalized spacial score (nSPS) is 17.3. The van der Waals surface area contributed by atoms with Gasteiger partial charge in [0, 0.05) is 45.2 Å². The maximum Gasteiger partial charge on any atom is 0.257 e. The average molecular weight is 456 g/mol. The molecule has 0 radical (unpaired) electrons. The number of aromatic nitrogens is 3. The molecule has 0 unspecified atom stereocenters. The predicted molar refractivity (Wildman–Crippen MR) is 117 cm³/mol. The molecule has 0 spiro atoms. The Morgan fingerprint density at radius 2 is 1.78 bits per heavy atom. The summed E-state index contributed by atoms with van der Waals surface area (Å²) in [6.07, 6.45) is 6.21. The standard InChI is InChI=1S/C22H25N5O4S/c1-16-24-20(15-31-16)17-5-7-18(8-6-17)32(29,30)26-12-10-25(11-13-26)22(28)19-14-23-27-9-3-2-4-21(19)27/h5-8,14-15H,2-4,9-13H2,1H3. The highest BCUT2D eigenvalue weighted by atomic mass is 32.2. The summed E-state index contributed by atoms with van der Waals surface area (Å²) in [7, 11) is -3.64. The number of piperazine rings is 1. The van der Waals surface area contributed by atoms with Crippen LogP contribution in [-0.4, -0.2) is 64.5 Å². The number of oxazole rings is 1. The molecule has 1 saturated heterocycles. The van der Waals surface area contributed by atoms with Gasteiger partial charge in [-0.25, -0.2) is 13.4 Å². The average Bonchev–Trinajstić information content (AvgIpc) is 3.45. The molecular weight excluding hydrogens is 430 g/mol. The van der Waals surface area contributed by atoms with E-state index in [1.807, 2.05) is 4.68 Å². The minimum absolute atomic E-state index is 0.0579. The van der Waals surface area contributed by atoms with E-state index in [1.54, 1.807) is 48.5 Å². The van der Waals surface area contributed by atoms with E-state index in [-0.39, 0.29) is 23.9 Å². The first-order valence-electron chi connectivity index (χ1n) is 10.8. The Bertz CT molecular complexity index is 1240. The van der Waals surface area contributed by atoms with E-state index < -0.39 is 10.0 Å². The number of rotatable bonds is 4. The van der Waals surface area contributed by atoms with Crippen molar-refractivity contribution in [2.45, 2.75) is 37.6 Å². The van der Waals surface area contributed by atoms with Gasteiger partial charge in [-0.2, -0.15) is 9.40 Å². The second kappa shape index (κ2) is 8.18. The van der Waals surface area contributed by atoms with Crippen molar-refractivity contribution in [3.63, 3.8) is 0 Å². The van der Waals surface area contributed by atoms with Gasteiger partial charge in [0.25, 0.3) is 5.91 Å². The fourth-order valence-corrected chi connectivity index (χ4v) is 5.77. The lowest BCUT2D eigenvalue weighted by atomic mass is 10.1. The quantitative estimate of drug-likeness (QED) is 0.598. The number of sulfonamides is 1. The summed E-state index contributed by atoms with van der Waals surface area (Å²) >= 11 is 0. The van der Waals surface area contributed by atoms with Crippen molar-refractivity contribution in [3.8, 4) is 11.3 Å². The first kappa shape index (κ1) is 20.9. The molecule has 2 aliphatic heterocycles. The van der Waals surface area contributed by atoms with Gasteiger partial charge >= 0.3 is 0 Å². The number of benzene rings is 1. The Hall–Kier alpha value is -2.98. The first-order valence-corrected chi connectivity index (χ1v) is 12.2. The Morgan fingerprint density at radius 1 is 1.03 bits per heavy atom. The number of amides is 1. The van der Waals surface area contributed by atoms with Gasteiger partial charge in [0.1, 0.15) is 12.0 Å². The first-order chi connectivity index (χ1) is 15.4. The van der Waals surface area contributed by atoms with E-state index in [4.69, 9.17) is 4.42 Å². The summed E-state index contributed by atoms with van der Waals surface area (Å²) in [4.78, 5) is 19.2. The van der Waals surface area contributed by atoms with Crippen LogP contribution in [0.15, 0.2) is 46.0 Å². The second-order valence-corrected chi connectivity index (χ2v) is 10.1. The van der Waals surface area contributed by atoms with E-state index in [0.29, 0.717) is 30.2 Å². The molecule has 2 aliphatic rings. The third kappa shape index (κ3) is 3.73. The molecule has 1 fully saturated rings. The second-order valence-electron chi connectivity index (χ2n) is 8.16. The minimum Gasteiger partial charge on any atom is -0.449 e. The summed E-state index contributed by atoms with van der Waals surface area (Å²) in [5.74, 6) is 0.498. The van der Waals surface area contributed by atoms with Gasteiger partial charge in [-0.1, -0.05) is 12.1 Å². The Balaban J connectivity index is 1.26. The summed E-state index contributed by atoms with van der Waals surface area (Å²) in [6.45, 7) is 3.86. The van der Waals surface area contributed by atoms with Crippen LogP contribution in [0.25, 0.3) is 11.3 Å². The lowest BCUT2D eigenvalue weighted by Crippen LogP contribution is -2.50. The zero-order chi connectivity index (χ0) is 22.3. The maximum absolute atomic E-state index is 13.1. The van der Waals surface area contributed by atoms with E-state index in [0.717, 1.165) is 37.1 Å². The van der Waals surface area contributed by atoms with Crippen molar-refractivity contribution in [3.05, 3.63) is 53.9 Å². The van der Waals surface area contributed by atoms with E-state index >= 15 is 0 Å². The van der Waals surface area contributed by atoms with Crippen LogP contribution in [-0.2, 0) is 23.0 Å². The third-order valence-electron chi connectivity index (χ3n) is 6.15. The fraction of sp³-hybridized carbons (Fsp3) is 0.409. The van der Waals surface area contributed by atoms with E-state index in [2.05, 4.69) is 10.1 Å². The molecule has 0 bridgehead atoms. The number of hydrogen-bond donors (Lipinski definition) is 0. The van der Waals surface area contributed by atoms with Gasteiger partial charge < -0.3 is 9.32 Å². The van der Waals surface area contributed by atoms with Crippen molar-refractivity contribution < 1.29 is 17.6 Å². The number of carbonyl (C=O) groups is 1. The van der Waals surface area contributed by atoms with Gasteiger partial charge in [0.05, 0.1) is 22.3 Å². The van der Waals surface area contributed by atoms with Gasteiger partial charge in [-0.05, 0) is 31.4 Å². The van der Waals surface area contributed by atoms with Crippen LogP contribution in [0.4, 0.5) is 0 Å². The minimum atomic E-state index is -3.64. The van der Waals surface area contributed by atoms with Crippen LogP contribution >= 0.6 is 0 Å². The van der Waals surface area contributed by atoms with Crippen molar-refractivity contribution in [1.29, 1.82) is 0 Å². The molecule has 2 aromatic heterocycles. The zero-order valence-electron chi connectivity index (χ0n) is 17.9. The highest BCUT2D eigenvalue weighted by molar-refractivity contribution is 7.89. The third-order valence-corrected chi connectivity index (χ3v) is 8.06. The Kier molecular flexibility index (Phi) is 5.34. The smallest absolute Gasteiger partial charge is 0.257 e. The predicted octanol–water partition coefficient (Wildman–Crippen LogP) is 2.33. The number of aryl methyl sites for hydroxylation is 2. The molecular formula is C22H25N5O4S. The van der Waals surface area contributed by atoms with Crippen LogP contribution in [0.3, 0.4) is 0 Å². The summed E-state index contributed by atoms with van der Waals surface area (Å²) in [5, 5.41) is 4.35. The summed E-state index contributed by atoms with van der Waals surface area (Å²) < 4.78 is 34.8. The van der Waals surface area contributed by atoms with E-state index in [9.17, 15) is 13.2 Å². The van der Waals surface area contributed by atoms with Crippen LogP contribution in [0.5, 0.6) is 0 Å². The van der Waals surface area contributed by atoms with Gasteiger partial charge in [-0.3, -0.25) is 9.48 Å². The van der Waals surface area contributed by atoms with Crippen molar-refractivity contribution in [2.24, 2.45) is 0 Å². The lowest BCUT2D eigenvalue weighted by molar-refractivity contribution is 0.0696. The Labute approximate surface area is 186 Å². The van der Waals surface area contributed by atoms with E-state index in [1.165, 1.54) is 4.31 Å². The summed E-state index contributed by atoms with van der Waals surface area (Å²) in [6, 6.07) is 6.64. The molecule has 32 heavy (non-hydrogen) atoms. The van der Waals surface area contributed by atoms with Crippen LogP contribution in [0.2, 0.25) is 0 Å². The molecule has 10 heteroatoms. The molecule has 3 aromatic rings. The highest BCUT2D eigenvalue weighted by Gasteiger charge is 2.32. The molecule has 1 aromatic carbocycles. The molecule has 1 amide bonds. The van der Waals surface area contributed by atoms with Crippen LogP contribution < -0.4 is 0 Å². The molecule has 0 N–H and O–H groups in total. The molecule has 4 heterocycles. The van der Waals surface area contributed by atoms with Crippen LogP contribution in [0, 0.1) is 6.92 Å². The van der Waals surface area contributed by atoms with Gasteiger partial charge in [-0.15, -0.1) is 0 Å². The molecule has 5 rings (SSSR count). The number of hydrogen-bond acceptors (Lipinski definition) is 6.